The van der Waals surface area contributed by atoms with Gasteiger partial charge in [-0.1, -0.05) is 17.7 Å². The summed E-state index contributed by atoms with van der Waals surface area (Å²) in [6.45, 7) is 0.946. The minimum Gasteiger partial charge on any atom is -0.397 e. The van der Waals surface area contributed by atoms with Gasteiger partial charge in [-0.3, -0.25) is 4.79 Å². The van der Waals surface area contributed by atoms with Crippen LogP contribution in [0, 0.1) is 5.82 Å². The van der Waals surface area contributed by atoms with E-state index >= 15 is 0 Å². The Labute approximate surface area is 138 Å². The highest BCUT2D eigenvalue weighted by Crippen LogP contribution is 2.20. The van der Waals surface area contributed by atoms with Crippen LogP contribution in [0.15, 0.2) is 36.5 Å². The molecule has 2 N–H and O–H groups in total. The minimum atomic E-state index is -0.422. The van der Waals surface area contributed by atoms with Gasteiger partial charge in [0, 0.05) is 25.2 Å². The van der Waals surface area contributed by atoms with E-state index in [0.29, 0.717) is 24.4 Å². The molecular formula is C16H17ClFN3O2. The van der Waals surface area contributed by atoms with Gasteiger partial charge in [-0.05, 0) is 29.8 Å². The first kappa shape index (κ1) is 17.2. The van der Waals surface area contributed by atoms with E-state index in [-0.39, 0.29) is 23.2 Å². The monoisotopic (exact) mass is 337 g/mol. The molecule has 1 aromatic heterocycles. The number of methoxy groups -OCH3 is 1. The second-order valence-electron chi connectivity index (χ2n) is 4.93. The normalized spacial score (nSPS) is 10.6. The number of ether oxygens (including phenoxy) is 1. The molecule has 0 aliphatic carbocycles. The van der Waals surface area contributed by atoms with Gasteiger partial charge >= 0.3 is 0 Å². The van der Waals surface area contributed by atoms with Crippen molar-refractivity contribution in [1.29, 1.82) is 0 Å². The van der Waals surface area contributed by atoms with E-state index in [2.05, 4.69) is 4.98 Å². The Bertz CT molecular complexity index is 680. The van der Waals surface area contributed by atoms with Crippen LogP contribution in [0.25, 0.3) is 0 Å². The van der Waals surface area contributed by atoms with Crippen molar-refractivity contribution in [3.63, 3.8) is 0 Å². The van der Waals surface area contributed by atoms with E-state index in [0.717, 1.165) is 0 Å². The first-order valence-corrected chi connectivity index (χ1v) is 7.32. The van der Waals surface area contributed by atoms with Crippen LogP contribution >= 0.6 is 11.6 Å². The third-order valence-corrected chi connectivity index (χ3v) is 3.59. The number of nitrogen functional groups attached to an aromatic ring is 1. The molecule has 0 aliphatic heterocycles. The number of carbonyl (C=O) groups is 1. The lowest BCUT2D eigenvalue weighted by Crippen LogP contribution is -2.34. The predicted octanol–water partition coefficient (Wildman–Crippen LogP) is 2.75. The average molecular weight is 338 g/mol. The Morgan fingerprint density at radius 3 is 2.78 bits per heavy atom. The molecule has 23 heavy (non-hydrogen) atoms. The van der Waals surface area contributed by atoms with Gasteiger partial charge in [0.2, 0.25) is 0 Å². The molecule has 1 amide bonds. The smallest absolute Gasteiger partial charge is 0.272 e. The van der Waals surface area contributed by atoms with Crippen LogP contribution < -0.4 is 5.73 Å². The fraction of sp³-hybridized carbons (Fsp3) is 0.250. The van der Waals surface area contributed by atoms with Crippen LogP contribution in [0.3, 0.4) is 0 Å². The lowest BCUT2D eigenvalue weighted by molar-refractivity contribution is 0.0675. The number of nitrogens with two attached hydrogens (primary N) is 1. The number of nitrogens with zero attached hydrogens (tertiary/aromatic N) is 2. The summed E-state index contributed by atoms with van der Waals surface area (Å²) < 4.78 is 18.2. The van der Waals surface area contributed by atoms with Crippen molar-refractivity contribution in [1.82, 2.24) is 9.88 Å². The summed E-state index contributed by atoms with van der Waals surface area (Å²) in [5.74, 6) is -0.698. The van der Waals surface area contributed by atoms with Crippen LogP contribution in [0.1, 0.15) is 16.1 Å². The van der Waals surface area contributed by atoms with Crippen molar-refractivity contribution in [2.45, 2.75) is 6.54 Å². The Morgan fingerprint density at radius 1 is 1.39 bits per heavy atom. The summed E-state index contributed by atoms with van der Waals surface area (Å²) >= 11 is 6.04. The molecule has 2 aromatic rings. The number of pyridine rings is 1. The van der Waals surface area contributed by atoms with Crippen molar-refractivity contribution < 1.29 is 13.9 Å². The summed E-state index contributed by atoms with van der Waals surface area (Å²) in [7, 11) is 1.55. The first-order chi connectivity index (χ1) is 11.0. The lowest BCUT2D eigenvalue weighted by Gasteiger charge is -2.22. The van der Waals surface area contributed by atoms with E-state index in [1.54, 1.807) is 30.2 Å². The van der Waals surface area contributed by atoms with E-state index < -0.39 is 5.82 Å². The maximum Gasteiger partial charge on any atom is 0.272 e. The Hall–Kier alpha value is -2.18. The molecule has 0 fully saturated rings. The maximum absolute atomic E-state index is 13.1. The highest BCUT2D eigenvalue weighted by atomic mass is 35.5. The van der Waals surface area contributed by atoms with Gasteiger partial charge in [0.05, 0.1) is 18.5 Å². The molecular weight excluding hydrogens is 321 g/mol. The van der Waals surface area contributed by atoms with Crippen molar-refractivity contribution in [2.24, 2.45) is 0 Å². The quantitative estimate of drug-likeness (QED) is 0.880. The zero-order valence-corrected chi connectivity index (χ0v) is 13.4. The zero-order chi connectivity index (χ0) is 16.8. The van der Waals surface area contributed by atoms with Crippen LogP contribution in [0.4, 0.5) is 10.1 Å². The van der Waals surface area contributed by atoms with Gasteiger partial charge in [-0.2, -0.15) is 0 Å². The third-order valence-electron chi connectivity index (χ3n) is 3.23. The molecule has 0 aliphatic rings. The molecule has 0 radical (unpaired) electrons. The Kier molecular flexibility index (Phi) is 5.90. The highest BCUT2D eigenvalue weighted by Gasteiger charge is 2.18. The number of hydrogen-bond acceptors (Lipinski definition) is 4. The second-order valence-corrected chi connectivity index (χ2v) is 5.34. The van der Waals surface area contributed by atoms with Gasteiger partial charge in [-0.15, -0.1) is 0 Å². The zero-order valence-electron chi connectivity index (χ0n) is 12.6. The summed E-state index contributed by atoms with van der Waals surface area (Å²) in [6, 6.07) is 7.25. The standard InChI is InChI=1S/C16H17ClFN3O2/c1-23-7-6-21(10-11-2-3-12(18)8-14(11)17)16(22)15-5-4-13(19)9-20-15/h2-5,8-9H,6-7,10,19H2,1H3. The number of halogens is 2. The summed E-state index contributed by atoms with van der Waals surface area (Å²) in [4.78, 5) is 18.2. The van der Waals surface area contributed by atoms with Crippen molar-refractivity contribution in [3.05, 3.63) is 58.6 Å². The average Bonchev–Trinajstić information content (AvgIpc) is 2.53. The van der Waals surface area contributed by atoms with Crippen LogP contribution in [0.5, 0.6) is 0 Å². The third kappa shape index (κ3) is 4.64. The molecule has 1 heterocycles. The van der Waals surface area contributed by atoms with E-state index in [1.807, 2.05) is 0 Å². The fourth-order valence-corrected chi connectivity index (χ4v) is 2.23. The fourth-order valence-electron chi connectivity index (χ4n) is 2.00. The number of aromatic nitrogens is 1. The molecule has 1 aromatic carbocycles. The number of anilines is 1. The van der Waals surface area contributed by atoms with Crippen LogP contribution in [0.2, 0.25) is 5.02 Å². The van der Waals surface area contributed by atoms with E-state index in [4.69, 9.17) is 22.1 Å². The lowest BCUT2D eigenvalue weighted by atomic mass is 10.2. The molecule has 122 valence electrons. The van der Waals surface area contributed by atoms with E-state index in [9.17, 15) is 9.18 Å². The Balaban J connectivity index is 2.21. The van der Waals surface area contributed by atoms with Gasteiger partial charge in [-0.25, -0.2) is 9.37 Å². The molecule has 0 saturated heterocycles. The first-order valence-electron chi connectivity index (χ1n) is 6.95. The van der Waals surface area contributed by atoms with Gasteiger partial charge < -0.3 is 15.4 Å². The van der Waals surface area contributed by atoms with Crippen molar-refractivity contribution in [2.75, 3.05) is 26.0 Å². The number of amides is 1. The molecule has 0 unspecified atom stereocenters. The largest absolute Gasteiger partial charge is 0.397 e. The number of carbonyl (C=O) groups excluding carboxylic acids is 1. The van der Waals surface area contributed by atoms with Crippen molar-refractivity contribution >= 4 is 23.2 Å². The molecule has 0 spiro atoms. The van der Waals surface area contributed by atoms with Crippen LogP contribution in [-0.2, 0) is 11.3 Å². The summed E-state index contributed by atoms with van der Waals surface area (Å²) in [5, 5.41) is 0.269. The molecule has 5 nitrogen and oxygen atoms in total. The predicted molar refractivity (Wildman–Crippen MR) is 86.7 cm³/mol. The molecule has 0 atom stereocenters. The second kappa shape index (κ2) is 7.89. The minimum absolute atomic E-state index is 0.230. The van der Waals surface area contributed by atoms with Gasteiger partial charge in [0.15, 0.2) is 0 Å². The molecule has 0 saturated carbocycles. The topological polar surface area (TPSA) is 68.5 Å². The number of rotatable bonds is 6. The van der Waals surface area contributed by atoms with Gasteiger partial charge in [0.1, 0.15) is 11.5 Å². The van der Waals surface area contributed by atoms with Crippen molar-refractivity contribution in [3.8, 4) is 0 Å². The van der Waals surface area contributed by atoms with Crippen LogP contribution in [-0.4, -0.2) is 36.1 Å². The summed E-state index contributed by atoms with van der Waals surface area (Å²) in [5.41, 5.74) is 6.98. The molecule has 7 heteroatoms. The number of benzene rings is 1. The molecule has 0 bridgehead atoms. The number of hydrogen-bond donors (Lipinski definition) is 1. The highest BCUT2D eigenvalue weighted by molar-refractivity contribution is 6.31. The summed E-state index contributed by atoms with van der Waals surface area (Å²) in [6.07, 6.45) is 1.42. The van der Waals surface area contributed by atoms with Gasteiger partial charge in [0.25, 0.3) is 5.91 Å². The molecule has 2 rings (SSSR count). The SMILES string of the molecule is COCCN(Cc1ccc(F)cc1Cl)C(=O)c1ccc(N)cn1. The van der Waals surface area contributed by atoms with E-state index in [1.165, 1.54) is 18.3 Å². The Morgan fingerprint density at radius 2 is 2.17 bits per heavy atom. The maximum atomic E-state index is 13.1.